The molecule has 0 unspecified atom stereocenters. The molecule has 8 nitrogen and oxygen atoms in total. The number of rotatable bonds is 6. The number of nitrogens with one attached hydrogen (secondary N) is 1. The second-order valence-electron chi connectivity index (χ2n) is 7.75. The van der Waals surface area contributed by atoms with E-state index in [1.807, 2.05) is 0 Å². The fourth-order valence-corrected chi connectivity index (χ4v) is 5.02. The van der Waals surface area contributed by atoms with Crippen molar-refractivity contribution in [2.75, 3.05) is 38.2 Å². The van der Waals surface area contributed by atoms with Gasteiger partial charge < -0.3 is 19.5 Å². The minimum Gasteiger partial charge on any atom is -0.486 e. The molecule has 1 saturated heterocycles. The summed E-state index contributed by atoms with van der Waals surface area (Å²) in [6.07, 6.45) is 1.75. The molecule has 9 heteroatoms. The first-order valence-electron chi connectivity index (χ1n) is 10.3. The van der Waals surface area contributed by atoms with Crippen LogP contribution in [0.3, 0.4) is 0 Å². The highest BCUT2D eigenvalue weighted by atomic mass is 32.2. The summed E-state index contributed by atoms with van der Waals surface area (Å²) in [6.45, 7) is 3.99. The summed E-state index contributed by atoms with van der Waals surface area (Å²) in [5.74, 6) is 1.87. The number of sulfonamides is 1. The van der Waals surface area contributed by atoms with Gasteiger partial charge in [0.15, 0.2) is 18.1 Å². The first-order valence-corrected chi connectivity index (χ1v) is 11.8. The number of hydrogen-bond acceptors (Lipinski definition) is 6. The van der Waals surface area contributed by atoms with Gasteiger partial charge in [0.25, 0.3) is 5.91 Å². The normalized spacial score (nSPS) is 17.2. The van der Waals surface area contributed by atoms with Gasteiger partial charge in [-0.3, -0.25) is 4.79 Å². The Morgan fingerprint density at radius 1 is 1.06 bits per heavy atom. The van der Waals surface area contributed by atoms with Crippen LogP contribution in [0.25, 0.3) is 0 Å². The summed E-state index contributed by atoms with van der Waals surface area (Å²) in [4.78, 5) is 12.4. The predicted molar refractivity (Wildman–Crippen MR) is 115 cm³/mol. The third kappa shape index (κ3) is 5.11. The molecule has 0 saturated carbocycles. The van der Waals surface area contributed by atoms with Crippen LogP contribution in [0.15, 0.2) is 47.4 Å². The minimum absolute atomic E-state index is 0.204. The molecule has 0 radical (unpaired) electrons. The van der Waals surface area contributed by atoms with Gasteiger partial charge in [0.2, 0.25) is 10.0 Å². The van der Waals surface area contributed by atoms with E-state index in [1.54, 1.807) is 30.3 Å². The lowest BCUT2D eigenvalue weighted by molar-refractivity contribution is -0.118. The number of anilines is 1. The summed E-state index contributed by atoms with van der Waals surface area (Å²) in [6, 6.07) is 11.3. The van der Waals surface area contributed by atoms with Crippen molar-refractivity contribution in [3.63, 3.8) is 0 Å². The van der Waals surface area contributed by atoms with Crippen LogP contribution in [-0.2, 0) is 14.8 Å². The molecule has 0 atom stereocenters. The van der Waals surface area contributed by atoms with Crippen molar-refractivity contribution in [2.45, 2.75) is 24.7 Å². The molecular formula is C22H26N2O6S. The topological polar surface area (TPSA) is 94.2 Å². The lowest BCUT2D eigenvalue weighted by Crippen LogP contribution is -2.37. The summed E-state index contributed by atoms with van der Waals surface area (Å²) in [5, 5.41) is 2.74. The number of hydrogen-bond donors (Lipinski definition) is 1. The molecule has 1 amide bonds. The van der Waals surface area contributed by atoms with Crippen molar-refractivity contribution in [2.24, 2.45) is 5.92 Å². The quantitative estimate of drug-likeness (QED) is 0.733. The average molecular weight is 447 g/mol. The zero-order valence-electron chi connectivity index (χ0n) is 17.4. The van der Waals surface area contributed by atoms with Crippen LogP contribution in [0.4, 0.5) is 5.69 Å². The van der Waals surface area contributed by atoms with Crippen molar-refractivity contribution < 1.29 is 27.4 Å². The number of carbonyl (C=O) groups is 1. The predicted octanol–water partition coefficient (Wildman–Crippen LogP) is 2.90. The second-order valence-corrected chi connectivity index (χ2v) is 9.69. The SMILES string of the molecule is CC1CCN(S(=O)(=O)c2ccc(OCC(=O)Nc3ccc4c(c3)OCCO4)cc2)CC1. The van der Waals surface area contributed by atoms with E-state index in [0.717, 1.165) is 12.8 Å². The maximum absolute atomic E-state index is 12.8. The van der Waals surface area contributed by atoms with Gasteiger partial charge in [-0.05, 0) is 55.2 Å². The molecule has 4 rings (SSSR count). The lowest BCUT2D eigenvalue weighted by atomic mass is 10.0. The molecule has 0 bridgehead atoms. The number of nitrogens with zero attached hydrogens (tertiary/aromatic N) is 1. The highest BCUT2D eigenvalue weighted by molar-refractivity contribution is 7.89. The number of piperidine rings is 1. The number of carbonyl (C=O) groups excluding carboxylic acids is 1. The van der Waals surface area contributed by atoms with Crippen LogP contribution in [0.1, 0.15) is 19.8 Å². The van der Waals surface area contributed by atoms with Gasteiger partial charge >= 0.3 is 0 Å². The average Bonchev–Trinajstić information content (AvgIpc) is 2.78. The maximum atomic E-state index is 12.8. The largest absolute Gasteiger partial charge is 0.486 e. The standard InChI is InChI=1S/C22H26N2O6S/c1-16-8-10-24(11-9-16)31(26,27)19-5-3-18(4-6-19)30-15-22(25)23-17-2-7-20-21(14-17)29-13-12-28-20/h2-7,14,16H,8-13,15H2,1H3,(H,23,25). The molecule has 2 aromatic carbocycles. The van der Waals surface area contributed by atoms with Crippen LogP contribution in [0.2, 0.25) is 0 Å². The first-order chi connectivity index (χ1) is 14.9. The fourth-order valence-electron chi connectivity index (χ4n) is 3.55. The van der Waals surface area contributed by atoms with Gasteiger partial charge in [-0.2, -0.15) is 4.31 Å². The number of benzene rings is 2. The Kier molecular flexibility index (Phi) is 6.33. The maximum Gasteiger partial charge on any atom is 0.262 e. The molecule has 2 aliphatic rings. The van der Waals surface area contributed by atoms with Gasteiger partial charge in [-0.1, -0.05) is 6.92 Å². The lowest BCUT2D eigenvalue weighted by Gasteiger charge is -2.29. The molecule has 1 N–H and O–H groups in total. The zero-order chi connectivity index (χ0) is 21.8. The Labute approximate surface area is 182 Å². The van der Waals surface area contributed by atoms with Crippen LogP contribution in [0, 0.1) is 5.92 Å². The Balaban J connectivity index is 1.31. The highest BCUT2D eigenvalue weighted by Gasteiger charge is 2.28. The van der Waals surface area contributed by atoms with E-state index >= 15 is 0 Å². The summed E-state index contributed by atoms with van der Waals surface area (Å²) in [7, 11) is -3.51. The molecule has 2 aromatic rings. The fraction of sp³-hybridized carbons (Fsp3) is 0.409. The van der Waals surface area contributed by atoms with Gasteiger partial charge in [0, 0.05) is 24.8 Å². The Morgan fingerprint density at radius 2 is 1.74 bits per heavy atom. The summed E-state index contributed by atoms with van der Waals surface area (Å²) >= 11 is 0. The van der Waals surface area contributed by atoms with Crippen molar-refractivity contribution in [3.05, 3.63) is 42.5 Å². The molecule has 2 aliphatic heterocycles. The Hall–Kier alpha value is -2.78. The van der Waals surface area contributed by atoms with Crippen LogP contribution >= 0.6 is 0 Å². The van der Waals surface area contributed by atoms with Crippen molar-refractivity contribution in [3.8, 4) is 17.2 Å². The van der Waals surface area contributed by atoms with E-state index in [-0.39, 0.29) is 17.4 Å². The van der Waals surface area contributed by atoms with Crippen molar-refractivity contribution in [1.29, 1.82) is 0 Å². The molecular weight excluding hydrogens is 420 g/mol. The number of fused-ring (bicyclic) bond motifs is 1. The van der Waals surface area contributed by atoms with Gasteiger partial charge in [-0.25, -0.2) is 8.42 Å². The first kappa shape index (κ1) is 21.5. The van der Waals surface area contributed by atoms with E-state index in [0.29, 0.717) is 55.2 Å². The zero-order valence-corrected chi connectivity index (χ0v) is 18.2. The van der Waals surface area contributed by atoms with E-state index in [1.165, 1.54) is 16.4 Å². The number of amides is 1. The van der Waals surface area contributed by atoms with E-state index in [4.69, 9.17) is 14.2 Å². The molecule has 0 spiro atoms. The number of ether oxygens (including phenoxy) is 3. The van der Waals surface area contributed by atoms with E-state index < -0.39 is 10.0 Å². The minimum atomic E-state index is -3.51. The van der Waals surface area contributed by atoms with E-state index in [2.05, 4.69) is 12.2 Å². The summed E-state index contributed by atoms with van der Waals surface area (Å²) in [5.41, 5.74) is 0.579. The molecule has 0 aromatic heterocycles. The van der Waals surface area contributed by atoms with Gasteiger partial charge in [0.1, 0.15) is 19.0 Å². The molecule has 0 aliphatic carbocycles. The smallest absolute Gasteiger partial charge is 0.262 e. The molecule has 166 valence electrons. The van der Waals surface area contributed by atoms with Crippen molar-refractivity contribution in [1.82, 2.24) is 4.31 Å². The van der Waals surface area contributed by atoms with Gasteiger partial charge in [0.05, 0.1) is 4.90 Å². The van der Waals surface area contributed by atoms with Gasteiger partial charge in [-0.15, -0.1) is 0 Å². The van der Waals surface area contributed by atoms with Crippen LogP contribution < -0.4 is 19.5 Å². The van der Waals surface area contributed by atoms with Crippen LogP contribution in [0.5, 0.6) is 17.2 Å². The Morgan fingerprint density at radius 3 is 2.45 bits per heavy atom. The van der Waals surface area contributed by atoms with Crippen molar-refractivity contribution >= 4 is 21.6 Å². The third-order valence-corrected chi connectivity index (χ3v) is 7.31. The molecule has 31 heavy (non-hydrogen) atoms. The highest BCUT2D eigenvalue weighted by Crippen LogP contribution is 2.32. The molecule has 2 heterocycles. The van der Waals surface area contributed by atoms with E-state index in [9.17, 15) is 13.2 Å². The Bertz CT molecular complexity index is 1030. The second kappa shape index (κ2) is 9.15. The van der Waals surface area contributed by atoms with Crippen LogP contribution in [-0.4, -0.2) is 51.5 Å². The summed E-state index contributed by atoms with van der Waals surface area (Å²) < 4.78 is 43.6. The monoisotopic (exact) mass is 446 g/mol. The molecule has 1 fully saturated rings. The third-order valence-electron chi connectivity index (χ3n) is 5.40.